The highest BCUT2D eigenvalue weighted by Crippen LogP contribution is 2.31. The number of aliphatic hydroxyl groups excluding tert-OH is 1. The maximum Gasteiger partial charge on any atom is 0.122 e. The van der Waals surface area contributed by atoms with Crippen LogP contribution in [0.4, 0.5) is 0 Å². The van der Waals surface area contributed by atoms with Crippen molar-refractivity contribution in [2.45, 2.75) is 6.10 Å². The molecule has 5 heteroatoms. The Hall–Kier alpha value is -0.980. The van der Waals surface area contributed by atoms with Gasteiger partial charge in [0.2, 0.25) is 0 Å². The fraction of sp³-hybridized carbons (Fsp3) is 0.200. The van der Waals surface area contributed by atoms with Crippen LogP contribution in [0.15, 0.2) is 36.4 Å². The van der Waals surface area contributed by atoms with Gasteiger partial charge in [0.25, 0.3) is 0 Å². The molecule has 2 aromatic rings. The smallest absolute Gasteiger partial charge is 0.122 e. The van der Waals surface area contributed by atoms with Crippen molar-refractivity contribution in [1.82, 2.24) is 0 Å². The topological polar surface area (TPSA) is 38.7 Å². The molecule has 2 rings (SSSR count). The summed E-state index contributed by atoms with van der Waals surface area (Å²) in [6.45, 7) is 0. The van der Waals surface area contributed by atoms with Gasteiger partial charge < -0.3 is 14.6 Å². The number of halogens is 2. The van der Waals surface area contributed by atoms with Crippen LogP contribution in [0, 0.1) is 3.57 Å². The van der Waals surface area contributed by atoms with E-state index < -0.39 is 6.10 Å². The van der Waals surface area contributed by atoms with Gasteiger partial charge in [0.15, 0.2) is 0 Å². The maximum atomic E-state index is 10.5. The second kappa shape index (κ2) is 6.65. The van der Waals surface area contributed by atoms with Gasteiger partial charge in [-0.05, 0) is 58.0 Å². The molecule has 20 heavy (non-hydrogen) atoms. The van der Waals surface area contributed by atoms with E-state index in [-0.39, 0.29) is 0 Å². The van der Waals surface area contributed by atoms with Gasteiger partial charge in [-0.25, -0.2) is 0 Å². The van der Waals surface area contributed by atoms with E-state index in [1.54, 1.807) is 38.5 Å². The standard InChI is InChI=1S/C15H14ClIO3/c1-19-11-5-10(6-12(8-11)20-2)15(18)9-3-4-14(17)13(16)7-9/h3-8,15,18H,1-2H3. The SMILES string of the molecule is COc1cc(OC)cc(C(O)c2ccc(I)c(Cl)c2)c1. The Morgan fingerprint density at radius 1 is 1.00 bits per heavy atom. The summed E-state index contributed by atoms with van der Waals surface area (Å²) in [5.74, 6) is 1.27. The lowest BCUT2D eigenvalue weighted by atomic mass is 10.0. The lowest BCUT2D eigenvalue weighted by Crippen LogP contribution is -2.01. The van der Waals surface area contributed by atoms with Crippen molar-refractivity contribution in [3.8, 4) is 11.5 Å². The third-order valence-corrected chi connectivity index (χ3v) is 4.52. The number of methoxy groups -OCH3 is 2. The molecule has 0 fully saturated rings. The summed E-state index contributed by atoms with van der Waals surface area (Å²) in [4.78, 5) is 0. The summed E-state index contributed by atoms with van der Waals surface area (Å²) in [5.41, 5.74) is 1.42. The molecular formula is C15H14ClIO3. The van der Waals surface area contributed by atoms with Crippen molar-refractivity contribution in [3.05, 3.63) is 56.1 Å². The summed E-state index contributed by atoms with van der Waals surface area (Å²) in [5, 5.41) is 11.1. The van der Waals surface area contributed by atoms with E-state index >= 15 is 0 Å². The van der Waals surface area contributed by atoms with Crippen molar-refractivity contribution in [2.24, 2.45) is 0 Å². The van der Waals surface area contributed by atoms with Gasteiger partial charge >= 0.3 is 0 Å². The fourth-order valence-corrected chi connectivity index (χ4v) is 2.39. The predicted molar refractivity (Wildman–Crippen MR) is 87.8 cm³/mol. The van der Waals surface area contributed by atoms with E-state index in [0.717, 1.165) is 9.13 Å². The minimum atomic E-state index is -0.784. The molecule has 0 aromatic heterocycles. The molecule has 1 unspecified atom stereocenters. The van der Waals surface area contributed by atoms with E-state index in [1.165, 1.54) is 0 Å². The summed E-state index contributed by atoms with van der Waals surface area (Å²) < 4.78 is 11.4. The van der Waals surface area contributed by atoms with Gasteiger partial charge in [-0.15, -0.1) is 0 Å². The Morgan fingerprint density at radius 3 is 2.10 bits per heavy atom. The first-order valence-corrected chi connectivity index (χ1v) is 7.37. The van der Waals surface area contributed by atoms with Crippen molar-refractivity contribution in [2.75, 3.05) is 14.2 Å². The van der Waals surface area contributed by atoms with Crippen molar-refractivity contribution in [3.63, 3.8) is 0 Å². The van der Waals surface area contributed by atoms with Crippen LogP contribution < -0.4 is 9.47 Å². The Labute approximate surface area is 136 Å². The van der Waals surface area contributed by atoms with E-state index in [2.05, 4.69) is 22.6 Å². The average Bonchev–Trinajstić information content (AvgIpc) is 2.48. The number of benzene rings is 2. The van der Waals surface area contributed by atoms with Gasteiger partial charge in [-0.3, -0.25) is 0 Å². The summed E-state index contributed by atoms with van der Waals surface area (Å²) in [7, 11) is 3.15. The molecule has 0 spiro atoms. The molecule has 2 aromatic carbocycles. The molecule has 0 heterocycles. The third-order valence-electron chi connectivity index (χ3n) is 2.95. The molecule has 1 N–H and O–H groups in total. The molecule has 106 valence electrons. The van der Waals surface area contributed by atoms with Crippen LogP contribution in [0.2, 0.25) is 5.02 Å². The zero-order chi connectivity index (χ0) is 14.7. The van der Waals surface area contributed by atoms with Crippen LogP contribution in [0.25, 0.3) is 0 Å². The van der Waals surface area contributed by atoms with Crippen molar-refractivity contribution >= 4 is 34.2 Å². The fourth-order valence-electron chi connectivity index (χ4n) is 1.86. The molecule has 3 nitrogen and oxygen atoms in total. The zero-order valence-corrected chi connectivity index (χ0v) is 14.0. The maximum absolute atomic E-state index is 10.5. The van der Waals surface area contributed by atoms with E-state index in [0.29, 0.717) is 22.1 Å². The van der Waals surface area contributed by atoms with Crippen molar-refractivity contribution < 1.29 is 14.6 Å². The second-order valence-corrected chi connectivity index (χ2v) is 5.79. The molecule has 0 aliphatic rings. The summed E-state index contributed by atoms with van der Waals surface area (Å²) in [6, 6.07) is 10.8. The number of aliphatic hydroxyl groups is 1. The Bertz CT molecular complexity index is 594. The minimum Gasteiger partial charge on any atom is -0.497 e. The molecule has 0 radical (unpaired) electrons. The van der Waals surface area contributed by atoms with E-state index in [1.807, 2.05) is 12.1 Å². The highest BCUT2D eigenvalue weighted by Gasteiger charge is 2.14. The number of ether oxygens (including phenoxy) is 2. The summed E-state index contributed by atoms with van der Waals surface area (Å²) >= 11 is 8.24. The van der Waals surface area contributed by atoms with Crippen molar-refractivity contribution in [1.29, 1.82) is 0 Å². The van der Waals surface area contributed by atoms with Crippen LogP contribution in [-0.4, -0.2) is 19.3 Å². The molecule has 1 atom stereocenters. The first-order valence-electron chi connectivity index (χ1n) is 5.91. The average molecular weight is 405 g/mol. The largest absolute Gasteiger partial charge is 0.497 e. The van der Waals surface area contributed by atoms with Gasteiger partial charge in [-0.1, -0.05) is 17.7 Å². The third kappa shape index (κ3) is 3.37. The van der Waals surface area contributed by atoms with Crippen LogP contribution >= 0.6 is 34.2 Å². The van der Waals surface area contributed by atoms with Crippen LogP contribution in [-0.2, 0) is 0 Å². The number of hydrogen-bond acceptors (Lipinski definition) is 3. The molecule has 0 saturated carbocycles. The minimum absolute atomic E-state index is 0.622. The number of rotatable bonds is 4. The Kier molecular flexibility index (Phi) is 5.12. The van der Waals surface area contributed by atoms with Gasteiger partial charge in [0, 0.05) is 9.64 Å². The normalized spacial score (nSPS) is 12.1. The lowest BCUT2D eigenvalue weighted by Gasteiger charge is -2.15. The zero-order valence-electron chi connectivity index (χ0n) is 11.1. The highest BCUT2D eigenvalue weighted by molar-refractivity contribution is 14.1. The summed E-state index contributed by atoms with van der Waals surface area (Å²) in [6.07, 6.45) is -0.784. The molecule has 0 amide bonds. The van der Waals surface area contributed by atoms with Crippen LogP contribution in [0.3, 0.4) is 0 Å². The second-order valence-electron chi connectivity index (χ2n) is 4.22. The van der Waals surface area contributed by atoms with Crippen LogP contribution in [0.5, 0.6) is 11.5 Å². The highest BCUT2D eigenvalue weighted by atomic mass is 127. The molecule has 0 aliphatic heterocycles. The molecule has 0 bridgehead atoms. The molecule has 0 aliphatic carbocycles. The lowest BCUT2D eigenvalue weighted by molar-refractivity contribution is 0.219. The predicted octanol–water partition coefficient (Wildman–Crippen LogP) is 4.04. The monoisotopic (exact) mass is 404 g/mol. The van der Waals surface area contributed by atoms with E-state index in [9.17, 15) is 5.11 Å². The van der Waals surface area contributed by atoms with Crippen LogP contribution in [0.1, 0.15) is 17.2 Å². The van der Waals surface area contributed by atoms with Gasteiger partial charge in [0.1, 0.15) is 17.6 Å². The Morgan fingerprint density at radius 2 is 1.60 bits per heavy atom. The molecular weight excluding hydrogens is 391 g/mol. The first kappa shape index (κ1) is 15.4. The Balaban J connectivity index is 2.41. The van der Waals surface area contributed by atoms with Gasteiger partial charge in [0.05, 0.1) is 19.2 Å². The van der Waals surface area contributed by atoms with E-state index in [4.69, 9.17) is 21.1 Å². The first-order chi connectivity index (χ1) is 9.55. The quantitative estimate of drug-likeness (QED) is 0.782. The molecule has 0 saturated heterocycles. The van der Waals surface area contributed by atoms with Gasteiger partial charge in [-0.2, -0.15) is 0 Å². The number of hydrogen-bond donors (Lipinski definition) is 1.